The summed E-state index contributed by atoms with van der Waals surface area (Å²) in [6.45, 7) is 13.3. The third-order valence-corrected chi connectivity index (χ3v) is 5.21. The highest BCUT2D eigenvalue weighted by Gasteiger charge is 2.16. The van der Waals surface area contributed by atoms with Crippen LogP contribution < -0.4 is 18.9 Å². The summed E-state index contributed by atoms with van der Waals surface area (Å²) in [5, 5.41) is 0. The Hall–Kier alpha value is -5.83. The number of rotatable bonds is 11. The summed E-state index contributed by atoms with van der Waals surface area (Å²) in [6.07, 6.45) is 6.76. The van der Waals surface area contributed by atoms with Gasteiger partial charge in [-0.3, -0.25) is 0 Å². The van der Waals surface area contributed by atoms with Crippen LogP contribution in [0.5, 0.6) is 23.0 Å². The highest BCUT2D eigenvalue weighted by atomic mass is 19.1. The smallest absolute Gasteiger partial charge is 0.335 e. The van der Waals surface area contributed by atoms with Crippen LogP contribution >= 0.6 is 0 Å². The molecule has 0 aliphatic rings. The SMILES string of the molecule is C=CC(=O)Oc1ccc(-c2ccc(C=Cc3c(F)cc(OC(=O)C=C)cc3OC(=O)C=C)cc2)c(OC(=O)C=C)c1. The lowest BCUT2D eigenvalue weighted by atomic mass is 10.0. The largest absolute Gasteiger partial charge is 0.423 e. The molecule has 0 spiro atoms. The van der Waals surface area contributed by atoms with Gasteiger partial charge in [0.15, 0.2) is 0 Å². The first kappa shape index (κ1) is 29.7. The van der Waals surface area contributed by atoms with Gasteiger partial charge in [-0.2, -0.15) is 0 Å². The Labute approximate surface area is 234 Å². The Morgan fingerprint density at radius 3 is 1.68 bits per heavy atom. The molecule has 0 amide bonds. The number of benzene rings is 3. The molecule has 0 aromatic heterocycles. The molecule has 206 valence electrons. The van der Waals surface area contributed by atoms with Crippen molar-refractivity contribution in [2.75, 3.05) is 0 Å². The predicted octanol–water partition coefficient (Wildman–Crippen LogP) is 6.03. The molecule has 0 aliphatic carbocycles. The van der Waals surface area contributed by atoms with Crippen LogP contribution in [-0.2, 0) is 19.2 Å². The molecule has 0 atom stereocenters. The molecule has 3 rings (SSSR count). The minimum atomic E-state index is -0.839. The van der Waals surface area contributed by atoms with Crippen LogP contribution in [0.3, 0.4) is 0 Å². The number of carbonyl (C=O) groups excluding carboxylic acids is 4. The zero-order valence-corrected chi connectivity index (χ0v) is 21.6. The summed E-state index contributed by atoms with van der Waals surface area (Å²) in [5.41, 5.74) is 1.72. The van der Waals surface area contributed by atoms with Crippen LogP contribution in [-0.4, -0.2) is 23.9 Å². The molecule has 0 saturated carbocycles. The fourth-order valence-corrected chi connectivity index (χ4v) is 3.33. The molecule has 0 aliphatic heterocycles. The Morgan fingerprint density at radius 1 is 0.585 bits per heavy atom. The Morgan fingerprint density at radius 2 is 1.10 bits per heavy atom. The zero-order valence-electron chi connectivity index (χ0n) is 21.6. The van der Waals surface area contributed by atoms with Gasteiger partial charge in [0.1, 0.15) is 28.8 Å². The Balaban J connectivity index is 1.93. The lowest BCUT2D eigenvalue weighted by molar-refractivity contribution is -0.130. The second-order valence-corrected chi connectivity index (χ2v) is 7.93. The molecule has 0 fully saturated rings. The van der Waals surface area contributed by atoms with Gasteiger partial charge in [-0.1, -0.05) is 56.7 Å². The van der Waals surface area contributed by atoms with Gasteiger partial charge >= 0.3 is 23.9 Å². The summed E-state index contributed by atoms with van der Waals surface area (Å²) in [4.78, 5) is 46.8. The number of esters is 4. The van der Waals surface area contributed by atoms with Gasteiger partial charge in [0, 0.05) is 48.1 Å². The quantitative estimate of drug-likeness (QED) is 0.123. The van der Waals surface area contributed by atoms with Crippen molar-refractivity contribution in [3.8, 4) is 34.1 Å². The molecule has 0 radical (unpaired) electrons. The van der Waals surface area contributed by atoms with E-state index in [4.69, 9.17) is 18.9 Å². The van der Waals surface area contributed by atoms with E-state index in [0.717, 1.165) is 30.4 Å². The van der Waals surface area contributed by atoms with Gasteiger partial charge < -0.3 is 18.9 Å². The Bertz CT molecular complexity index is 1580. The van der Waals surface area contributed by atoms with Crippen molar-refractivity contribution in [3.63, 3.8) is 0 Å². The van der Waals surface area contributed by atoms with E-state index in [0.29, 0.717) is 16.7 Å². The van der Waals surface area contributed by atoms with E-state index in [1.807, 2.05) is 0 Å². The fourth-order valence-electron chi connectivity index (χ4n) is 3.33. The average Bonchev–Trinajstić information content (AvgIpc) is 2.97. The third kappa shape index (κ3) is 8.08. The lowest BCUT2D eigenvalue weighted by Gasteiger charge is -2.12. The van der Waals surface area contributed by atoms with E-state index < -0.39 is 29.7 Å². The number of carbonyl (C=O) groups is 4. The van der Waals surface area contributed by atoms with E-state index in [9.17, 15) is 23.6 Å². The number of halogens is 1. The summed E-state index contributed by atoms with van der Waals surface area (Å²) >= 11 is 0. The van der Waals surface area contributed by atoms with Crippen molar-refractivity contribution in [1.29, 1.82) is 0 Å². The lowest BCUT2D eigenvalue weighted by Crippen LogP contribution is -2.08. The molecule has 41 heavy (non-hydrogen) atoms. The second kappa shape index (κ2) is 13.8. The monoisotopic (exact) mass is 554 g/mol. The second-order valence-electron chi connectivity index (χ2n) is 7.93. The van der Waals surface area contributed by atoms with Crippen molar-refractivity contribution in [2.45, 2.75) is 0 Å². The summed E-state index contributed by atoms with van der Waals surface area (Å²) in [6, 6.07) is 13.6. The van der Waals surface area contributed by atoms with Gasteiger partial charge in [-0.05, 0) is 29.3 Å². The van der Waals surface area contributed by atoms with Crippen molar-refractivity contribution < 1.29 is 42.5 Å². The molecule has 3 aromatic rings. The Kier molecular flexibility index (Phi) is 10.0. The number of hydrogen-bond donors (Lipinski definition) is 0. The van der Waals surface area contributed by atoms with Crippen LogP contribution in [0.1, 0.15) is 11.1 Å². The predicted molar refractivity (Wildman–Crippen MR) is 151 cm³/mol. The van der Waals surface area contributed by atoms with E-state index >= 15 is 0 Å². The van der Waals surface area contributed by atoms with Crippen LogP contribution in [0, 0.1) is 5.82 Å². The minimum Gasteiger partial charge on any atom is -0.423 e. The molecular formula is C32H23FO8. The van der Waals surface area contributed by atoms with Gasteiger partial charge in [-0.15, -0.1) is 0 Å². The van der Waals surface area contributed by atoms with E-state index in [-0.39, 0.29) is 28.6 Å². The van der Waals surface area contributed by atoms with Gasteiger partial charge in [0.25, 0.3) is 0 Å². The van der Waals surface area contributed by atoms with Crippen molar-refractivity contribution >= 4 is 36.0 Å². The molecule has 9 heteroatoms. The van der Waals surface area contributed by atoms with Crippen molar-refractivity contribution in [2.24, 2.45) is 0 Å². The summed E-state index contributed by atoms with van der Waals surface area (Å²) in [7, 11) is 0. The van der Waals surface area contributed by atoms with Crippen molar-refractivity contribution in [1.82, 2.24) is 0 Å². The third-order valence-electron chi connectivity index (χ3n) is 5.21. The zero-order chi connectivity index (χ0) is 29.9. The topological polar surface area (TPSA) is 105 Å². The van der Waals surface area contributed by atoms with E-state index in [2.05, 4.69) is 26.3 Å². The van der Waals surface area contributed by atoms with E-state index in [1.165, 1.54) is 24.3 Å². The van der Waals surface area contributed by atoms with Gasteiger partial charge in [-0.25, -0.2) is 23.6 Å². The average molecular weight is 555 g/mol. The van der Waals surface area contributed by atoms with Crippen LogP contribution in [0.4, 0.5) is 4.39 Å². The van der Waals surface area contributed by atoms with Crippen LogP contribution in [0.15, 0.2) is 105 Å². The first-order valence-corrected chi connectivity index (χ1v) is 11.8. The molecule has 0 heterocycles. The van der Waals surface area contributed by atoms with Gasteiger partial charge in [0.2, 0.25) is 0 Å². The molecule has 0 N–H and O–H groups in total. The normalized spacial score (nSPS) is 10.3. The fraction of sp³-hybridized carbons (Fsp3) is 0. The molecule has 8 nitrogen and oxygen atoms in total. The maximum absolute atomic E-state index is 14.9. The number of ether oxygens (including phenoxy) is 4. The maximum Gasteiger partial charge on any atom is 0.335 e. The van der Waals surface area contributed by atoms with Gasteiger partial charge in [0.05, 0.1) is 5.56 Å². The molecule has 0 saturated heterocycles. The molecule has 0 bridgehead atoms. The highest BCUT2D eigenvalue weighted by Crippen LogP contribution is 2.35. The standard InChI is InChI=1S/C32H23FO8/c1-5-29(34)38-22-14-16-24(27(18-22)40-31(36)7-3)21-12-9-20(10-13-21)11-15-25-26(33)17-23(39-30(35)6-2)19-28(25)41-32(37)8-4/h5-19H,1-4H2. The van der Waals surface area contributed by atoms with Crippen LogP contribution in [0.25, 0.3) is 23.3 Å². The van der Waals surface area contributed by atoms with E-state index in [1.54, 1.807) is 36.4 Å². The number of hydrogen-bond acceptors (Lipinski definition) is 8. The van der Waals surface area contributed by atoms with Crippen LogP contribution in [0.2, 0.25) is 0 Å². The molecular weight excluding hydrogens is 531 g/mol. The molecule has 0 unspecified atom stereocenters. The summed E-state index contributed by atoms with van der Waals surface area (Å²) < 4.78 is 35.5. The highest BCUT2D eigenvalue weighted by molar-refractivity contribution is 5.88. The summed E-state index contributed by atoms with van der Waals surface area (Å²) in [5.74, 6) is -3.97. The first-order chi connectivity index (χ1) is 19.7. The minimum absolute atomic E-state index is 0.0778. The van der Waals surface area contributed by atoms with Crippen molar-refractivity contribution in [3.05, 3.63) is 122 Å². The maximum atomic E-state index is 14.9. The first-order valence-electron chi connectivity index (χ1n) is 11.8. The molecule has 3 aromatic carbocycles.